The third-order valence-corrected chi connectivity index (χ3v) is 2.03. The number of hydrogen-bond donors (Lipinski definition) is 2. The minimum Gasteiger partial charge on any atom is -0.481 e. The zero-order valence-electron chi connectivity index (χ0n) is 6.45. The molecule has 1 aliphatic rings. The van der Waals surface area contributed by atoms with Gasteiger partial charge in [0, 0.05) is 6.42 Å². The predicted molar refractivity (Wildman–Crippen MR) is 41.4 cm³/mol. The van der Waals surface area contributed by atoms with E-state index in [0.29, 0.717) is 18.8 Å². The van der Waals surface area contributed by atoms with E-state index in [1.165, 1.54) is 0 Å². The minimum atomic E-state index is -0.770. The Bertz CT molecular complexity index is 201. The fourth-order valence-corrected chi connectivity index (χ4v) is 1.25. The fourth-order valence-electron chi connectivity index (χ4n) is 1.25. The van der Waals surface area contributed by atoms with Crippen molar-refractivity contribution in [3.8, 4) is 0 Å². The van der Waals surface area contributed by atoms with Crippen molar-refractivity contribution in [1.82, 2.24) is 0 Å². The monoisotopic (exact) mass is 156 g/mol. The van der Waals surface area contributed by atoms with Gasteiger partial charge in [0.15, 0.2) is 0 Å². The maximum absolute atomic E-state index is 10.6. The molecule has 4 heteroatoms. The molecular weight excluding hydrogens is 144 g/mol. The Kier molecular flexibility index (Phi) is 2.12. The number of carbonyl (C=O) groups is 1. The number of amidine groups is 1. The third-order valence-electron chi connectivity index (χ3n) is 2.03. The van der Waals surface area contributed by atoms with E-state index in [9.17, 15) is 4.79 Å². The average Bonchev–Trinajstić information content (AvgIpc) is 1.85. The van der Waals surface area contributed by atoms with Crippen molar-refractivity contribution in [2.75, 3.05) is 6.54 Å². The van der Waals surface area contributed by atoms with Crippen LogP contribution in [0.4, 0.5) is 0 Å². The highest BCUT2D eigenvalue weighted by Crippen LogP contribution is 2.20. The van der Waals surface area contributed by atoms with Crippen LogP contribution >= 0.6 is 0 Å². The normalized spacial score (nSPS) is 31.2. The van der Waals surface area contributed by atoms with Gasteiger partial charge < -0.3 is 10.8 Å². The maximum Gasteiger partial charge on any atom is 0.308 e. The first-order valence-electron chi connectivity index (χ1n) is 3.63. The van der Waals surface area contributed by atoms with Gasteiger partial charge in [-0.15, -0.1) is 0 Å². The molecule has 1 rings (SSSR count). The van der Waals surface area contributed by atoms with Crippen molar-refractivity contribution in [2.24, 2.45) is 22.6 Å². The van der Waals surface area contributed by atoms with Gasteiger partial charge in [0.2, 0.25) is 0 Å². The molecule has 0 radical (unpaired) electrons. The van der Waals surface area contributed by atoms with E-state index in [4.69, 9.17) is 10.8 Å². The van der Waals surface area contributed by atoms with Gasteiger partial charge in [0.1, 0.15) is 0 Å². The van der Waals surface area contributed by atoms with Crippen LogP contribution in [0.1, 0.15) is 13.3 Å². The van der Waals surface area contributed by atoms with Crippen molar-refractivity contribution in [3.63, 3.8) is 0 Å². The zero-order chi connectivity index (χ0) is 8.43. The maximum atomic E-state index is 10.6. The van der Waals surface area contributed by atoms with Gasteiger partial charge in [-0.2, -0.15) is 0 Å². The Labute approximate surface area is 65.1 Å². The summed E-state index contributed by atoms with van der Waals surface area (Å²) >= 11 is 0. The lowest BCUT2D eigenvalue weighted by atomic mass is 9.89. The predicted octanol–water partition coefficient (Wildman–Crippen LogP) is 0.0842. The number of hydrogen-bond acceptors (Lipinski definition) is 3. The number of rotatable bonds is 1. The first-order chi connectivity index (χ1) is 5.11. The van der Waals surface area contributed by atoms with Crippen LogP contribution in [0.2, 0.25) is 0 Å². The minimum absolute atomic E-state index is 0.116. The van der Waals surface area contributed by atoms with Gasteiger partial charge in [-0.25, -0.2) is 0 Å². The summed E-state index contributed by atoms with van der Waals surface area (Å²) in [7, 11) is 0. The summed E-state index contributed by atoms with van der Waals surface area (Å²) in [6, 6.07) is 0. The van der Waals surface area contributed by atoms with E-state index in [-0.39, 0.29) is 11.8 Å². The summed E-state index contributed by atoms with van der Waals surface area (Å²) in [4.78, 5) is 14.5. The van der Waals surface area contributed by atoms with E-state index in [1.54, 1.807) is 0 Å². The van der Waals surface area contributed by atoms with Gasteiger partial charge in [-0.1, -0.05) is 6.92 Å². The van der Waals surface area contributed by atoms with Gasteiger partial charge in [-0.3, -0.25) is 9.79 Å². The van der Waals surface area contributed by atoms with Crippen LogP contribution < -0.4 is 5.73 Å². The molecular formula is C7H12N2O2. The fraction of sp³-hybridized carbons (Fsp3) is 0.714. The van der Waals surface area contributed by atoms with Crippen molar-refractivity contribution < 1.29 is 9.90 Å². The molecule has 0 spiro atoms. The average molecular weight is 156 g/mol. The number of carboxylic acids is 1. The van der Waals surface area contributed by atoms with Gasteiger partial charge in [-0.05, 0) is 5.92 Å². The quantitative estimate of drug-likeness (QED) is 0.564. The molecule has 3 N–H and O–H groups in total. The van der Waals surface area contributed by atoms with Gasteiger partial charge >= 0.3 is 5.97 Å². The summed E-state index contributed by atoms with van der Waals surface area (Å²) in [6.45, 7) is 2.22. The molecule has 11 heavy (non-hydrogen) atoms. The molecule has 0 aromatic heterocycles. The Hall–Kier alpha value is -1.06. The second-order valence-electron chi connectivity index (χ2n) is 2.96. The Morgan fingerprint density at radius 3 is 2.91 bits per heavy atom. The van der Waals surface area contributed by atoms with Crippen molar-refractivity contribution in [3.05, 3.63) is 0 Å². The van der Waals surface area contributed by atoms with Gasteiger partial charge in [0.25, 0.3) is 0 Å². The van der Waals surface area contributed by atoms with E-state index in [0.717, 1.165) is 0 Å². The molecule has 0 saturated carbocycles. The second kappa shape index (κ2) is 2.90. The highest BCUT2D eigenvalue weighted by Gasteiger charge is 2.27. The molecule has 0 amide bonds. The second-order valence-corrected chi connectivity index (χ2v) is 2.96. The standard InChI is InChI=1S/C7H12N2O2/c1-4-2-6(8)9-3-5(4)7(10)11/h4-5H,2-3H2,1H3,(H2,8,9)(H,10,11). The van der Waals surface area contributed by atoms with Crippen molar-refractivity contribution >= 4 is 11.8 Å². The molecule has 0 aromatic carbocycles. The van der Waals surface area contributed by atoms with E-state index < -0.39 is 5.97 Å². The van der Waals surface area contributed by atoms with Crippen LogP contribution in [0.3, 0.4) is 0 Å². The summed E-state index contributed by atoms with van der Waals surface area (Å²) < 4.78 is 0. The Balaban J connectivity index is 2.65. The molecule has 0 saturated heterocycles. The molecule has 1 aliphatic heterocycles. The molecule has 2 atom stereocenters. The zero-order valence-corrected chi connectivity index (χ0v) is 6.45. The summed E-state index contributed by atoms with van der Waals surface area (Å²) in [5, 5.41) is 8.68. The Morgan fingerprint density at radius 1 is 1.82 bits per heavy atom. The number of carboxylic acid groups (broad SMARTS) is 1. The van der Waals surface area contributed by atoms with Gasteiger partial charge in [0.05, 0.1) is 18.3 Å². The van der Waals surface area contributed by atoms with Crippen molar-refractivity contribution in [1.29, 1.82) is 0 Å². The summed E-state index contributed by atoms with van der Waals surface area (Å²) in [5.74, 6) is -0.420. The molecule has 4 nitrogen and oxygen atoms in total. The SMILES string of the molecule is CC1CC(N)=NCC1C(=O)O. The molecule has 1 heterocycles. The Morgan fingerprint density at radius 2 is 2.45 bits per heavy atom. The number of nitrogens with two attached hydrogens (primary N) is 1. The first-order valence-corrected chi connectivity index (χ1v) is 3.63. The highest BCUT2D eigenvalue weighted by atomic mass is 16.4. The van der Waals surface area contributed by atoms with E-state index in [2.05, 4.69) is 4.99 Å². The number of nitrogens with zero attached hydrogens (tertiary/aromatic N) is 1. The highest BCUT2D eigenvalue weighted by molar-refractivity contribution is 5.83. The van der Waals surface area contributed by atoms with E-state index in [1.807, 2.05) is 6.92 Å². The van der Waals surface area contributed by atoms with Crippen LogP contribution in [-0.2, 0) is 4.79 Å². The molecule has 2 unspecified atom stereocenters. The molecule has 0 bridgehead atoms. The lowest BCUT2D eigenvalue weighted by Crippen LogP contribution is -2.33. The molecule has 62 valence electrons. The van der Waals surface area contributed by atoms with Crippen LogP contribution in [0.15, 0.2) is 4.99 Å². The first kappa shape index (κ1) is 8.04. The van der Waals surface area contributed by atoms with E-state index >= 15 is 0 Å². The lowest BCUT2D eigenvalue weighted by molar-refractivity contribution is -0.143. The number of aliphatic imine (C=N–C) groups is 1. The largest absolute Gasteiger partial charge is 0.481 e. The van der Waals surface area contributed by atoms with Crippen LogP contribution in [0.5, 0.6) is 0 Å². The number of aliphatic carboxylic acids is 1. The molecule has 0 aromatic rings. The summed E-state index contributed by atoms with van der Waals surface area (Å²) in [5.41, 5.74) is 5.44. The molecule has 0 fully saturated rings. The van der Waals surface area contributed by atoms with Crippen LogP contribution in [-0.4, -0.2) is 23.5 Å². The molecule has 0 aliphatic carbocycles. The van der Waals surface area contributed by atoms with Crippen LogP contribution in [0.25, 0.3) is 0 Å². The summed E-state index contributed by atoms with van der Waals surface area (Å²) in [6.07, 6.45) is 0.608. The smallest absolute Gasteiger partial charge is 0.308 e. The van der Waals surface area contributed by atoms with Crippen LogP contribution in [0, 0.1) is 11.8 Å². The third kappa shape index (κ3) is 1.69. The lowest BCUT2D eigenvalue weighted by Gasteiger charge is -2.22. The topological polar surface area (TPSA) is 75.7 Å². The van der Waals surface area contributed by atoms with Crippen molar-refractivity contribution in [2.45, 2.75) is 13.3 Å².